The number of aliphatic hydroxyl groups is 2. The zero-order chi connectivity index (χ0) is 62.0. The van der Waals surface area contributed by atoms with E-state index >= 15 is 8.42 Å². The summed E-state index contributed by atoms with van der Waals surface area (Å²) in [6.45, 7) is 52.0. The van der Waals surface area contributed by atoms with Crippen molar-refractivity contribution in [3.05, 3.63) is 64.8 Å². The van der Waals surface area contributed by atoms with Crippen LogP contribution in [0.4, 0.5) is 0 Å². The number of hydrogen-bond donors (Lipinski definition) is 2. The van der Waals surface area contributed by atoms with Gasteiger partial charge >= 0.3 is 0 Å². The van der Waals surface area contributed by atoms with Crippen LogP contribution in [0, 0.1) is 23.7 Å². The van der Waals surface area contributed by atoms with Crippen LogP contribution in [0.1, 0.15) is 167 Å². The monoisotopic (exact) mass is 1340 g/mol. The molecule has 0 radical (unpaired) electrons. The lowest BCUT2D eigenvalue weighted by molar-refractivity contribution is -0.268. The van der Waals surface area contributed by atoms with Gasteiger partial charge in [0.1, 0.15) is 24.4 Å². The Balaban J connectivity index is 1.38. The Morgan fingerprint density at radius 1 is 0.759 bits per heavy atom. The van der Waals surface area contributed by atoms with E-state index in [2.05, 4.69) is 171 Å². The second kappa shape index (κ2) is 28.7. The van der Waals surface area contributed by atoms with Gasteiger partial charge in [-0.05, 0) is 163 Å². The van der Waals surface area contributed by atoms with Gasteiger partial charge in [0.05, 0.1) is 71.2 Å². The van der Waals surface area contributed by atoms with E-state index in [-0.39, 0.29) is 81.5 Å². The maximum atomic E-state index is 15.8. The van der Waals surface area contributed by atoms with E-state index in [0.29, 0.717) is 31.6 Å². The smallest absolute Gasteiger partial charge is 0.193 e. The van der Waals surface area contributed by atoms with Crippen molar-refractivity contribution in [2.45, 2.75) is 317 Å². The molecule has 5 unspecified atom stereocenters. The third-order valence-corrected chi connectivity index (χ3v) is 37.4. The van der Waals surface area contributed by atoms with Gasteiger partial charge in [-0.25, -0.2) is 8.42 Å². The lowest BCUT2D eigenvalue weighted by Crippen LogP contribution is -2.69. The molecule has 0 amide bonds. The largest absolute Gasteiger partial charge is 0.408 e. The molecular formula is C66H115IO12SSi3. The van der Waals surface area contributed by atoms with Crippen LogP contribution >= 0.6 is 22.6 Å². The molecule has 5 aliphatic heterocycles. The van der Waals surface area contributed by atoms with E-state index in [9.17, 15) is 10.2 Å². The lowest BCUT2D eigenvalue weighted by Gasteiger charge is -2.56. The number of ether oxygens (including phenoxy) is 5. The van der Waals surface area contributed by atoms with Gasteiger partial charge in [0, 0.05) is 25.4 Å². The molecule has 0 bridgehead atoms. The maximum absolute atomic E-state index is 15.8. The van der Waals surface area contributed by atoms with Crippen molar-refractivity contribution in [1.29, 1.82) is 0 Å². The number of benzene rings is 1. The summed E-state index contributed by atoms with van der Waals surface area (Å²) in [5, 5.41) is 21.2. The quantitative estimate of drug-likeness (QED) is 0.0545. The van der Waals surface area contributed by atoms with Crippen molar-refractivity contribution in [1.82, 2.24) is 0 Å². The summed E-state index contributed by atoms with van der Waals surface area (Å²) in [5.41, 5.74) is 2.09. The minimum Gasteiger partial charge on any atom is -0.408 e. The SMILES string of the molecule is C=C1C[C@H](CCCO)OC1CC[C@H]1C[C@@H](C)C(=C)C(C[C@@H]2O[C@H](C[C@H](C)CC)[C@H](C)C2C(C(O)C[C@H]2CC[C@@H]3O[C@@H]([C@H](/C=C/I)O[Si](C)(C)C(C)(C)C)[C@@H](O[Si](C)(C)C(C)(C)C)[C@@H](O[Si](C)(C)C(C)(C)C)[C@H]3O2)S(=O)(=O)c2ccccc2)O1. The van der Waals surface area contributed by atoms with Gasteiger partial charge in [-0.3, -0.25) is 0 Å². The summed E-state index contributed by atoms with van der Waals surface area (Å²) in [6.07, 6.45) is 4.30. The second-order valence-electron chi connectivity index (χ2n) is 30.6. The maximum Gasteiger partial charge on any atom is 0.193 e. The number of fused-ring (bicyclic) bond motifs is 1. The third-order valence-electron chi connectivity index (χ3n) is 21.3. The zero-order valence-electron chi connectivity index (χ0n) is 54.9. The van der Waals surface area contributed by atoms with Crippen molar-refractivity contribution in [2.24, 2.45) is 23.7 Å². The number of halogens is 1. The average Bonchev–Trinajstić information content (AvgIpc) is 2.21. The number of aliphatic hydroxyl groups excluding tert-OH is 2. The van der Waals surface area contributed by atoms with E-state index in [1.165, 1.54) is 0 Å². The molecule has 12 nitrogen and oxygen atoms in total. The van der Waals surface area contributed by atoms with E-state index in [1.807, 2.05) is 10.1 Å². The predicted octanol–water partition coefficient (Wildman–Crippen LogP) is 15.5. The lowest BCUT2D eigenvalue weighted by atomic mass is 9.77. The van der Waals surface area contributed by atoms with Crippen LogP contribution in [0.3, 0.4) is 0 Å². The Morgan fingerprint density at radius 2 is 1.36 bits per heavy atom. The molecule has 0 spiro atoms. The molecule has 6 rings (SSSR count). The Hall–Kier alpha value is -0.629. The summed E-state index contributed by atoms with van der Waals surface area (Å²) in [6, 6.07) is 8.68. The summed E-state index contributed by atoms with van der Waals surface area (Å²) in [5.74, 6) is -0.281. The molecule has 1 aromatic rings. The fraction of sp³-hybridized carbons (Fsp3) is 0.818. The molecule has 5 fully saturated rings. The number of rotatable bonds is 25. The van der Waals surface area contributed by atoms with E-state index in [4.69, 9.17) is 37.0 Å². The average molecular weight is 1340 g/mol. The zero-order valence-corrected chi connectivity index (χ0v) is 60.9. The summed E-state index contributed by atoms with van der Waals surface area (Å²) < 4.78 is 91.9. The van der Waals surface area contributed by atoms with Crippen LogP contribution in [-0.4, -0.2) is 141 Å². The van der Waals surface area contributed by atoms with Crippen LogP contribution in [-0.2, 0) is 46.8 Å². The third kappa shape index (κ3) is 17.3. The van der Waals surface area contributed by atoms with Gasteiger partial charge in [0.15, 0.2) is 34.8 Å². The van der Waals surface area contributed by atoms with Crippen molar-refractivity contribution < 1.29 is 55.6 Å². The van der Waals surface area contributed by atoms with Crippen molar-refractivity contribution in [3.63, 3.8) is 0 Å². The van der Waals surface area contributed by atoms with Crippen LogP contribution in [0.5, 0.6) is 0 Å². The first-order chi connectivity index (χ1) is 38.4. The van der Waals surface area contributed by atoms with Crippen molar-refractivity contribution >= 4 is 57.4 Å². The normalized spacial score (nSPS) is 33.3. The molecule has 19 atom stereocenters. The molecule has 0 saturated carbocycles. The standard InChI is InChI=1S/C66H115IO12SSi3/c1-22-42(2)37-55-46(6)58(57(75-55)41-56-45(5)43(3)38-48(73-56)30-32-52-44(4)39-47(72-52)27-26-36-68)63(80(70,71)50-28-24-23-25-29-50)51(69)40-49-31-33-53-59(74-49)61(78-82(18,19)65(10,11)12)62(79-83(20,21)66(13,14)15)60(76-53)54(34-35-67)77-81(16,17)64(7,8)9/h23-25,28-29,34-35,42-43,46-49,51-63,68-69H,4-5,22,26-27,30-33,36-41H2,1-3,6-21H3/b35-34+/t42-,43-,46+,47+,48+,49-,51?,52?,53+,54+,55-,56?,57+,58?,59+,60+,61+,62-,63?/m1/s1. The Morgan fingerprint density at radius 3 is 1.94 bits per heavy atom. The fourth-order valence-electron chi connectivity index (χ4n) is 12.7. The number of sulfone groups is 1. The van der Waals surface area contributed by atoms with Gasteiger partial charge in [-0.15, -0.1) is 0 Å². The first-order valence-corrected chi connectivity index (χ1v) is 43.4. The number of hydrogen-bond acceptors (Lipinski definition) is 12. The van der Waals surface area contributed by atoms with Gasteiger partial charge in [0.25, 0.3) is 0 Å². The summed E-state index contributed by atoms with van der Waals surface area (Å²) in [7, 11) is -11.7. The Kier molecular flexibility index (Phi) is 24.7. The molecule has 5 heterocycles. The summed E-state index contributed by atoms with van der Waals surface area (Å²) >= 11 is 2.30. The van der Waals surface area contributed by atoms with Crippen molar-refractivity contribution in [3.8, 4) is 0 Å². The van der Waals surface area contributed by atoms with Gasteiger partial charge in [-0.1, -0.05) is 150 Å². The molecule has 1 aromatic carbocycles. The minimum absolute atomic E-state index is 0.0483. The molecule has 0 aliphatic carbocycles. The van der Waals surface area contributed by atoms with E-state index < -0.39 is 94.8 Å². The summed E-state index contributed by atoms with van der Waals surface area (Å²) in [4.78, 5) is 0.182. The van der Waals surface area contributed by atoms with Crippen LogP contribution in [0.2, 0.25) is 54.4 Å². The highest BCUT2D eigenvalue weighted by molar-refractivity contribution is 14.1. The molecule has 2 N–H and O–H groups in total. The topological polar surface area (TPSA) is 148 Å². The Bertz CT molecular complexity index is 2400. The minimum atomic E-state index is -4.19. The van der Waals surface area contributed by atoms with Gasteiger partial charge in [0.2, 0.25) is 0 Å². The molecular weight excluding hydrogens is 1230 g/mol. The molecule has 476 valence electrons. The van der Waals surface area contributed by atoms with Crippen LogP contribution < -0.4 is 0 Å². The molecule has 5 saturated heterocycles. The predicted molar refractivity (Wildman–Crippen MR) is 354 cm³/mol. The highest BCUT2D eigenvalue weighted by atomic mass is 127. The fourth-order valence-corrected chi connectivity index (χ4v) is 19.2. The highest BCUT2D eigenvalue weighted by Crippen LogP contribution is 2.50. The molecule has 83 heavy (non-hydrogen) atoms. The van der Waals surface area contributed by atoms with Crippen LogP contribution in [0.15, 0.2) is 69.7 Å². The van der Waals surface area contributed by atoms with Crippen molar-refractivity contribution in [2.75, 3.05) is 6.61 Å². The van der Waals surface area contributed by atoms with E-state index in [0.717, 1.165) is 56.1 Å². The van der Waals surface area contributed by atoms with Crippen LogP contribution in [0.25, 0.3) is 0 Å². The highest BCUT2D eigenvalue weighted by Gasteiger charge is 2.59. The molecule has 0 aromatic heterocycles. The first-order valence-electron chi connectivity index (χ1n) is 31.9. The second-order valence-corrected chi connectivity index (χ2v) is 47.7. The molecule has 5 aliphatic rings. The van der Waals surface area contributed by atoms with Gasteiger partial charge in [-0.2, -0.15) is 0 Å². The van der Waals surface area contributed by atoms with Gasteiger partial charge < -0.3 is 47.2 Å². The Labute approximate surface area is 521 Å². The van der Waals surface area contributed by atoms with E-state index in [1.54, 1.807) is 24.3 Å². The molecule has 17 heteroatoms. The first kappa shape index (κ1) is 71.4.